The Kier molecular flexibility index (Phi) is 7.50. The highest BCUT2D eigenvalue weighted by Crippen LogP contribution is 2.33. The molecule has 0 heterocycles. The van der Waals surface area contributed by atoms with Crippen molar-refractivity contribution in [1.29, 1.82) is 0 Å². The van der Waals surface area contributed by atoms with Crippen molar-refractivity contribution >= 4 is 19.9 Å². The highest BCUT2D eigenvalue weighted by atomic mass is 15.4. The fraction of sp³-hybridized carbons (Fsp3) is 0.400. The first-order valence-electron chi connectivity index (χ1n) is 9.34. The SMILES string of the molecule is CN(C)B(N(C)C)N(B(N(C)C)N(C)C)c1ccccc1-c1ccccc1. The normalized spacial score (nSPS) is 11.6. The Morgan fingerprint density at radius 2 is 0.926 bits per heavy atom. The number of rotatable bonds is 8. The van der Waals surface area contributed by atoms with Gasteiger partial charge in [0, 0.05) is 11.3 Å². The molecule has 0 fully saturated rings. The van der Waals surface area contributed by atoms with Crippen LogP contribution in [-0.4, -0.2) is 89.9 Å². The van der Waals surface area contributed by atoms with Crippen molar-refractivity contribution in [3.05, 3.63) is 54.6 Å². The van der Waals surface area contributed by atoms with Crippen LogP contribution in [0.2, 0.25) is 0 Å². The van der Waals surface area contributed by atoms with Gasteiger partial charge >= 0.3 is 14.2 Å². The van der Waals surface area contributed by atoms with Crippen LogP contribution < -0.4 is 4.72 Å². The van der Waals surface area contributed by atoms with Crippen molar-refractivity contribution in [2.24, 2.45) is 0 Å². The third kappa shape index (κ3) is 4.93. The number of para-hydroxylation sites is 1. The maximum absolute atomic E-state index is 2.47. The molecule has 0 aliphatic rings. The van der Waals surface area contributed by atoms with E-state index >= 15 is 0 Å². The van der Waals surface area contributed by atoms with Gasteiger partial charge in [0.15, 0.2) is 0 Å². The van der Waals surface area contributed by atoms with E-state index in [9.17, 15) is 0 Å². The highest BCUT2D eigenvalue weighted by Gasteiger charge is 2.41. The van der Waals surface area contributed by atoms with Gasteiger partial charge in [-0.05, 0) is 68.0 Å². The Morgan fingerprint density at radius 3 is 1.37 bits per heavy atom. The third-order valence-electron chi connectivity index (χ3n) is 4.61. The van der Waals surface area contributed by atoms with E-state index in [-0.39, 0.29) is 14.2 Å². The van der Waals surface area contributed by atoms with Crippen LogP contribution in [0.5, 0.6) is 0 Å². The Labute approximate surface area is 166 Å². The molecule has 0 spiro atoms. The minimum absolute atomic E-state index is 0.0877. The molecule has 0 saturated heterocycles. The molecule has 0 aliphatic heterocycles. The van der Waals surface area contributed by atoms with Crippen LogP contribution in [-0.2, 0) is 0 Å². The number of benzene rings is 2. The smallest absolute Gasteiger partial charge is 0.404 e. The van der Waals surface area contributed by atoms with E-state index in [0.29, 0.717) is 0 Å². The van der Waals surface area contributed by atoms with Gasteiger partial charge in [-0.3, -0.25) is 0 Å². The van der Waals surface area contributed by atoms with Crippen LogP contribution in [0.25, 0.3) is 11.1 Å². The topological polar surface area (TPSA) is 16.2 Å². The maximum atomic E-state index is 2.47. The van der Waals surface area contributed by atoms with E-state index < -0.39 is 0 Å². The number of nitrogens with zero attached hydrogens (tertiary/aromatic N) is 5. The van der Waals surface area contributed by atoms with Gasteiger partial charge in [-0.1, -0.05) is 48.5 Å². The molecule has 2 rings (SSSR count). The number of hydrogen-bond acceptors (Lipinski definition) is 5. The summed E-state index contributed by atoms with van der Waals surface area (Å²) in [5.74, 6) is 0. The van der Waals surface area contributed by atoms with Crippen molar-refractivity contribution < 1.29 is 0 Å². The molecule has 0 aliphatic carbocycles. The summed E-state index contributed by atoms with van der Waals surface area (Å²) in [4.78, 5) is 9.01. The number of anilines is 1. The summed E-state index contributed by atoms with van der Waals surface area (Å²) < 4.78 is 2.47. The molecular formula is C20H33B2N5. The average molecular weight is 365 g/mol. The van der Waals surface area contributed by atoms with Crippen LogP contribution in [0.3, 0.4) is 0 Å². The summed E-state index contributed by atoms with van der Waals surface area (Å²) in [6, 6.07) is 19.3. The molecule has 0 N–H and O–H groups in total. The molecule has 0 unspecified atom stereocenters. The van der Waals surface area contributed by atoms with Gasteiger partial charge in [-0.25, -0.2) is 0 Å². The Hall–Kier alpha value is -1.79. The van der Waals surface area contributed by atoms with Crippen LogP contribution in [0.15, 0.2) is 54.6 Å². The second kappa shape index (κ2) is 9.42. The average Bonchev–Trinajstić information content (AvgIpc) is 2.60. The fourth-order valence-electron chi connectivity index (χ4n) is 3.85. The molecule has 0 atom stereocenters. The summed E-state index contributed by atoms with van der Waals surface area (Å²) in [5.41, 5.74) is 3.68. The zero-order chi connectivity index (χ0) is 20.1. The van der Waals surface area contributed by atoms with Crippen molar-refractivity contribution in [2.45, 2.75) is 0 Å². The third-order valence-corrected chi connectivity index (χ3v) is 4.61. The van der Waals surface area contributed by atoms with E-state index in [1.165, 1.54) is 16.8 Å². The van der Waals surface area contributed by atoms with Crippen LogP contribution >= 0.6 is 0 Å². The summed E-state index contributed by atoms with van der Waals surface area (Å²) in [7, 11) is 17.2. The molecule has 2 aromatic rings. The zero-order valence-corrected chi connectivity index (χ0v) is 18.1. The van der Waals surface area contributed by atoms with E-state index in [0.717, 1.165) is 0 Å². The van der Waals surface area contributed by atoms with Gasteiger partial charge in [0.25, 0.3) is 0 Å². The lowest BCUT2D eigenvalue weighted by Crippen LogP contribution is -2.70. The predicted molar refractivity (Wildman–Crippen MR) is 121 cm³/mol. The van der Waals surface area contributed by atoms with Gasteiger partial charge in [-0.2, -0.15) is 0 Å². The molecule has 27 heavy (non-hydrogen) atoms. The molecule has 7 heteroatoms. The molecule has 0 saturated carbocycles. The zero-order valence-electron chi connectivity index (χ0n) is 18.1. The monoisotopic (exact) mass is 365 g/mol. The molecule has 5 nitrogen and oxygen atoms in total. The number of hydrogen-bond donors (Lipinski definition) is 0. The lowest BCUT2D eigenvalue weighted by atomic mass is 9.69. The van der Waals surface area contributed by atoms with Crippen LogP contribution in [0.1, 0.15) is 0 Å². The first-order valence-corrected chi connectivity index (χ1v) is 9.34. The molecule has 144 valence electrons. The van der Waals surface area contributed by atoms with E-state index in [4.69, 9.17) is 0 Å². The van der Waals surface area contributed by atoms with Crippen LogP contribution in [0, 0.1) is 0 Å². The highest BCUT2D eigenvalue weighted by molar-refractivity contribution is 6.78. The molecule has 2 aromatic carbocycles. The minimum Gasteiger partial charge on any atom is -0.404 e. The molecule has 0 aromatic heterocycles. The lowest BCUT2D eigenvalue weighted by molar-refractivity contribution is 0.489. The first kappa shape index (κ1) is 21.5. The molecule has 0 radical (unpaired) electrons. The molecular weight excluding hydrogens is 332 g/mol. The fourth-order valence-corrected chi connectivity index (χ4v) is 3.85. The Bertz CT molecular complexity index is 671. The van der Waals surface area contributed by atoms with Crippen molar-refractivity contribution in [3.63, 3.8) is 0 Å². The van der Waals surface area contributed by atoms with Gasteiger partial charge < -0.3 is 24.0 Å². The van der Waals surface area contributed by atoms with Crippen molar-refractivity contribution in [1.82, 2.24) is 19.2 Å². The summed E-state index contributed by atoms with van der Waals surface area (Å²) in [6.07, 6.45) is 0. The maximum Gasteiger partial charge on any atom is 0.425 e. The van der Waals surface area contributed by atoms with Gasteiger partial charge in [0.2, 0.25) is 0 Å². The quantitative estimate of drug-likeness (QED) is 0.666. The predicted octanol–water partition coefficient (Wildman–Crippen LogP) is 2.38. The second-order valence-corrected chi connectivity index (χ2v) is 7.84. The van der Waals surface area contributed by atoms with E-state index in [2.05, 4.69) is 135 Å². The molecule has 0 amide bonds. The van der Waals surface area contributed by atoms with E-state index in [1.54, 1.807) is 0 Å². The minimum atomic E-state index is 0.0877. The first-order chi connectivity index (χ1) is 12.8. The lowest BCUT2D eigenvalue weighted by Gasteiger charge is -2.45. The largest absolute Gasteiger partial charge is 0.425 e. The van der Waals surface area contributed by atoms with Gasteiger partial charge in [-0.15, -0.1) is 0 Å². The van der Waals surface area contributed by atoms with Crippen molar-refractivity contribution in [3.8, 4) is 11.1 Å². The van der Waals surface area contributed by atoms with Crippen molar-refractivity contribution in [2.75, 3.05) is 61.1 Å². The van der Waals surface area contributed by atoms with Crippen LogP contribution in [0.4, 0.5) is 5.69 Å². The standard InChI is InChI=1S/C20H33B2N5/c1-23(2)21(24(3)4)27(22(25(5)6)26(7)8)20-17-13-12-16-19(20)18-14-10-9-11-15-18/h9-17H,1-8H3. The second-order valence-electron chi connectivity index (χ2n) is 7.84. The molecule has 0 bridgehead atoms. The van der Waals surface area contributed by atoms with E-state index in [1.807, 2.05) is 0 Å². The summed E-state index contributed by atoms with van der Waals surface area (Å²) in [6.45, 7) is 0. The summed E-state index contributed by atoms with van der Waals surface area (Å²) in [5, 5.41) is 0. The summed E-state index contributed by atoms with van der Waals surface area (Å²) >= 11 is 0. The van der Waals surface area contributed by atoms with Gasteiger partial charge in [0.1, 0.15) is 0 Å². The Morgan fingerprint density at radius 1 is 0.519 bits per heavy atom. The Balaban J connectivity index is 2.71. The van der Waals surface area contributed by atoms with Gasteiger partial charge in [0.05, 0.1) is 0 Å².